The SMILES string of the molecule is CCNC(=NCCc1cccc(C(=O)N(C)C)c1)NCCSc1ccc(F)cc1. The van der Waals surface area contributed by atoms with Crippen molar-refractivity contribution in [3.05, 3.63) is 65.5 Å². The quantitative estimate of drug-likeness (QED) is 0.285. The topological polar surface area (TPSA) is 56.7 Å². The summed E-state index contributed by atoms with van der Waals surface area (Å²) < 4.78 is 12.9. The van der Waals surface area contributed by atoms with Crippen molar-refractivity contribution in [2.45, 2.75) is 18.2 Å². The van der Waals surface area contributed by atoms with Crippen molar-refractivity contribution in [2.24, 2.45) is 4.99 Å². The molecule has 2 N–H and O–H groups in total. The van der Waals surface area contributed by atoms with E-state index in [1.807, 2.05) is 31.2 Å². The Kier molecular flexibility index (Phi) is 9.50. The summed E-state index contributed by atoms with van der Waals surface area (Å²) in [5, 5.41) is 6.56. The first-order valence-corrected chi connectivity index (χ1v) is 10.7. The monoisotopic (exact) mass is 416 g/mol. The summed E-state index contributed by atoms with van der Waals surface area (Å²) in [5.41, 5.74) is 1.78. The molecule has 0 atom stereocenters. The average Bonchev–Trinajstić information content (AvgIpc) is 2.72. The van der Waals surface area contributed by atoms with E-state index in [0.29, 0.717) is 12.1 Å². The number of benzene rings is 2. The van der Waals surface area contributed by atoms with E-state index in [-0.39, 0.29) is 11.7 Å². The second kappa shape index (κ2) is 12.1. The summed E-state index contributed by atoms with van der Waals surface area (Å²) in [6, 6.07) is 14.2. The Morgan fingerprint density at radius 1 is 1.14 bits per heavy atom. The molecule has 2 aromatic rings. The molecule has 7 heteroatoms. The number of rotatable bonds is 9. The highest BCUT2D eigenvalue weighted by atomic mass is 32.2. The van der Waals surface area contributed by atoms with Gasteiger partial charge in [-0.05, 0) is 55.3 Å². The molecule has 2 rings (SSSR count). The highest BCUT2D eigenvalue weighted by Gasteiger charge is 2.08. The Morgan fingerprint density at radius 3 is 2.59 bits per heavy atom. The van der Waals surface area contributed by atoms with Gasteiger partial charge in [-0.3, -0.25) is 9.79 Å². The number of halogens is 1. The van der Waals surface area contributed by atoms with E-state index in [2.05, 4.69) is 15.6 Å². The van der Waals surface area contributed by atoms with Gasteiger partial charge in [-0.1, -0.05) is 12.1 Å². The Labute approximate surface area is 176 Å². The van der Waals surface area contributed by atoms with Crippen LogP contribution in [0.5, 0.6) is 0 Å². The molecule has 1 amide bonds. The van der Waals surface area contributed by atoms with Crippen LogP contribution in [0.25, 0.3) is 0 Å². The van der Waals surface area contributed by atoms with Crippen LogP contribution < -0.4 is 10.6 Å². The minimum atomic E-state index is -0.217. The van der Waals surface area contributed by atoms with Crippen molar-refractivity contribution in [2.75, 3.05) is 39.5 Å². The molecule has 156 valence electrons. The number of nitrogens with zero attached hydrogens (tertiary/aromatic N) is 2. The predicted octanol–water partition coefficient (Wildman–Crippen LogP) is 3.42. The van der Waals surface area contributed by atoms with E-state index in [1.165, 1.54) is 12.1 Å². The van der Waals surface area contributed by atoms with Gasteiger partial charge in [-0.25, -0.2) is 4.39 Å². The summed E-state index contributed by atoms with van der Waals surface area (Å²) in [7, 11) is 3.50. The van der Waals surface area contributed by atoms with E-state index in [9.17, 15) is 9.18 Å². The van der Waals surface area contributed by atoms with Gasteiger partial charge in [0, 0.05) is 49.9 Å². The first-order valence-electron chi connectivity index (χ1n) is 9.70. The van der Waals surface area contributed by atoms with Crippen LogP contribution in [0.15, 0.2) is 58.4 Å². The maximum Gasteiger partial charge on any atom is 0.253 e. The molecule has 29 heavy (non-hydrogen) atoms. The molecule has 0 radical (unpaired) electrons. The summed E-state index contributed by atoms with van der Waals surface area (Å²) in [6.45, 7) is 4.19. The highest BCUT2D eigenvalue weighted by Crippen LogP contribution is 2.17. The van der Waals surface area contributed by atoms with Gasteiger partial charge in [0.2, 0.25) is 0 Å². The van der Waals surface area contributed by atoms with Crippen molar-refractivity contribution < 1.29 is 9.18 Å². The fourth-order valence-electron chi connectivity index (χ4n) is 2.63. The molecule has 0 fully saturated rings. The van der Waals surface area contributed by atoms with Crippen LogP contribution in [0.3, 0.4) is 0 Å². The fraction of sp³-hybridized carbons (Fsp3) is 0.364. The lowest BCUT2D eigenvalue weighted by atomic mass is 10.1. The third-order valence-corrected chi connectivity index (χ3v) is 5.09. The second-order valence-electron chi connectivity index (χ2n) is 6.64. The molecule has 0 saturated heterocycles. The molecule has 0 aliphatic rings. The van der Waals surface area contributed by atoms with Crippen LogP contribution >= 0.6 is 11.8 Å². The number of thioether (sulfide) groups is 1. The maximum absolute atomic E-state index is 12.9. The van der Waals surface area contributed by atoms with Gasteiger partial charge in [-0.15, -0.1) is 11.8 Å². The van der Waals surface area contributed by atoms with Crippen molar-refractivity contribution in [3.8, 4) is 0 Å². The third kappa shape index (κ3) is 8.15. The van der Waals surface area contributed by atoms with Crippen LogP contribution in [-0.4, -0.2) is 56.2 Å². The van der Waals surface area contributed by atoms with Crippen LogP contribution in [0.4, 0.5) is 4.39 Å². The summed E-state index contributed by atoms with van der Waals surface area (Å²) in [4.78, 5) is 19.3. The van der Waals surface area contributed by atoms with Gasteiger partial charge in [0.25, 0.3) is 5.91 Å². The van der Waals surface area contributed by atoms with Gasteiger partial charge in [0.15, 0.2) is 5.96 Å². The number of nitrogens with one attached hydrogen (secondary N) is 2. The van der Waals surface area contributed by atoms with Crippen LogP contribution in [0.1, 0.15) is 22.8 Å². The number of carbonyl (C=O) groups excluding carboxylic acids is 1. The van der Waals surface area contributed by atoms with E-state index < -0.39 is 0 Å². The maximum atomic E-state index is 12.9. The number of aliphatic imine (C=N–C) groups is 1. The number of hydrogen-bond donors (Lipinski definition) is 2. The van der Waals surface area contributed by atoms with Crippen LogP contribution in [-0.2, 0) is 6.42 Å². The Balaban J connectivity index is 1.81. The highest BCUT2D eigenvalue weighted by molar-refractivity contribution is 7.99. The Hall–Kier alpha value is -2.54. The zero-order valence-electron chi connectivity index (χ0n) is 17.2. The molecule has 2 aromatic carbocycles. The number of amides is 1. The smallest absolute Gasteiger partial charge is 0.253 e. The average molecular weight is 417 g/mol. The van der Waals surface area contributed by atoms with Gasteiger partial charge < -0.3 is 15.5 Å². The number of hydrogen-bond acceptors (Lipinski definition) is 3. The lowest BCUT2D eigenvalue weighted by Crippen LogP contribution is -2.38. The molecule has 0 spiro atoms. The molecule has 0 unspecified atom stereocenters. The fourth-order valence-corrected chi connectivity index (χ4v) is 3.39. The Morgan fingerprint density at radius 2 is 1.90 bits per heavy atom. The van der Waals surface area contributed by atoms with Gasteiger partial charge in [0.05, 0.1) is 0 Å². The largest absolute Gasteiger partial charge is 0.357 e. The first kappa shape index (κ1) is 22.7. The molecule has 0 aliphatic heterocycles. The van der Waals surface area contributed by atoms with Crippen LogP contribution in [0, 0.1) is 5.82 Å². The van der Waals surface area contributed by atoms with Gasteiger partial charge >= 0.3 is 0 Å². The lowest BCUT2D eigenvalue weighted by Gasteiger charge is -2.12. The summed E-state index contributed by atoms with van der Waals surface area (Å²) in [6.07, 6.45) is 0.759. The lowest BCUT2D eigenvalue weighted by molar-refractivity contribution is 0.0827. The summed E-state index contributed by atoms with van der Waals surface area (Å²) in [5.74, 6) is 1.41. The predicted molar refractivity (Wildman–Crippen MR) is 119 cm³/mol. The summed E-state index contributed by atoms with van der Waals surface area (Å²) >= 11 is 1.67. The molecule has 0 aliphatic carbocycles. The van der Waals surface area contributed by atoms with E-state index in [4.69, 9.17) is 0 Å². The first-order chi connectivity index (χ1) is 14.0. The third-order valence-electron chi connectivity index (χ3n) is 4.07. The zero-order chi connectivity index (χ0) is 21.1. The van der Waals surface area contributed by atoms with Crippen molar-refractivity contribution in [1.82, 2.24) is 15.5 Å². The molecule has 0 aromatic heterocycles. The normalized spacial score (nSPS) is 11.2. The van der Waals surface area contributed by atoms with Gasteiger partial charge in [0.1, 0.15) is 5.82 Å². The second-order valence-corrected chi connectivity index (χ2v) is 7.81. The standard InChI is InChI=1S/C22H29FN4OS/c1-4-24-22(26-14-15-29-20-10-8-19(23)9-11-20)25-13-12-17-6-5-7-18(16-17)21(28)27(2)3/h5-11,16H,4,12-15H2,1-3H3,(H2,24,25,26). The van der Waals surface area contributed by atoms with E-state index >= 15 is 0 Å². The molecule has 0 bridgehead atoms. The molecule has 0 saturated carbocycles. The number of guanidine groups is 1. The van der Waals surface area contributed by atoms with Crippen LogP contribution in [0.2, 0.25) is 0 Å². The minimum absolute atomic E-state index is 0.00371. The molecule has 5 nitrogen and oxygen atoms in total. The van der Waals surface area contributed by atoms with E-state index in [0.717, 1.165) is 41.7 Å². The van der Waals surface area contributed by atoms with Gasteiger partial charge in [-0.2, -0.15) is 0 Å². The minimum Gasteiger partial charge on any atom is -0.357 e. The number of carbonyl (C=O) groups is 1. The van der Waals surface area contributed by atoms with E-state index in [1.54, 1.807) is 42.9 Å². The zero-order valence-corrected chi connectivity index (χ0v) is 18.1. The van der Waals surface area contributed by atoms with Crippen molar-refractivity contribution in [1.29, 1.82) is 0 Å². The molecular weight excluding hydrogens is 387 g/mol. The molecular formula is C22H29FN4OS. The van der Waals surface area contributed by atoms with Crippen molar-refractivity contribution >= 4 is 23.6 Å². The Bertz CT molecular complexity index is 809. The van der Waals surface area contributed by atoms with Crippen molar-refractivity contribution in [3.63, 3.8) is 0 Å². The molecule has 0 heterocycles.